The highest BCUT2D eigenvalue weighted by molar-refractivity contribution is 5.44. The van der Waals surface area contributed by atoms with E-state index in [0.29, 0.717) is 10.8 Å². The van der Waals surface area contributed by atoms with Crippen LogP contribution in [0, 0.1) is 41.4 Å². The van der Waals surface area contributed by atoms with Gasteiger partial charge in [-0.25, -0.2) is 0 Å². The molecule has 3 fully saturated rings. The van der Waals surface area contributed by atoms with Crippen LogP contribution in [0.3, 0.4) is 0 Å². The van der Waals surface area contributed by atoms with E-state index in [1.54, 1.807) is 22.3 Å². The van der Waals surface area contributed by atoms with Crippen LogP contribution in [0.25, 0.3) is 0 Å². The fourth-order valence-corrected chi connectivity index (χ4v) is 8.53. The van der Waals surface area contributed by atoms with Crippen molar-refractivity contribution in [1.82, 2.24) is 0 Å². The second-order valence-corrected chi connectivity index (χ2v) is 16.0. The molecule has 0 aromatic heterocycles. The number of benzene rings is 1. The van der Waals surface area contributed by atoms with E-state index in [9.17, 15) is 0 Å². The first-order chi connectivity index (χ1) is 16.8. The van der Waals surface area contributed by atoms with E-state index in [2.05, 4.69) is 74.4 Å². The van der Waals surface area contributed by atoms with Gasteiger partial charge in [-0.3, -0.25) is 0 Å². The van der Waals surface area contributed by atoms with Gasteiger partial charge in [0.2, 0.25) is 0 Å². The topological polar surface area (TPSA) is 0 Å². The van der Waals surface area contributed by atoms with Crippen molar-refractivity contribution in [3.63, 3.8) is 0 Å². The SMILES string of the molecule is Cc1c(C2CCC(C(C)(C)C)CC2)cc(C2CCC(C(C)C)CC2)cc1C1CCC(C(C)(C)C)CC1. The summed E-state index contributed by atoms with van der Waals surface area (Å²) in [6.07, 6.45) is 17.0. The molecule has 204 valence electrons. The highest BCUT2D eigenvalue weighted by atomic mass is 14.4. The van der Waals surface area contributed by atoms with E-state index in [1.807, 2.05) is 0 Å². The lowest BCUT2D eigenvalue weighted by Gasteiger charge is -2.40. The molecule has 0 radical (unpaired) electrons. The largest absolute Gasteiger partial charge is 0.0625 e. The fraction of sp³-hybridized carbons (Fsp3) is 0.833. The van der Waals surface area contributed by atoms with Gasteiger partial charge in [-0.05, 0) is 158 Å². The molecule has 4 rings (SSSR count). The minimum absolute atomic E-state index is 0.466. The average molecular weight is 493 g/mol. The van der Waals surface area contributed by atoms with Crippen LogP contribution < -0.4 is 0 Å². The van der Waals surface area contributed by atoms with Gasteiger partial charge in [0.1, 0.15) is 0 Å². The lowest BCUT2D eigenvalue weighted by molar-refractivity contribution is 0.167. The van der Waals surface area contributed by atoms with Gasteiger partial charge in [0.15, 0.2) is 0 Å². The van der Waals surface area contributed by atoms with E-state index in [4.69, 9.17) is 0 Å². The van der Waals surface area contributed by atoms with Crippen LogP contribution in [0.2, 0.25) is 0 Å². The highest BCUT2D eigenvalue weighted by Crippen LogP contribution is 2.49. The second-order valence-electron chi connectivity index (χ2n) is 16.0. The molecule has 0 heterocycles. The molecule has 0 unspecified atom stereocenters. The van der Waals surface area contributed by atoms with Crippen molar-refractivity contribution in [2.75, 3.05) is 0 Å². The summed E-state index contributed by atoms with van der Waals surface area (Å²) in [5.41, 5.74) is 7.87. The maximum atomic E-state index is 2.74. The standard InChI is InChI=1S/C36H60/c1-24(2)26-10-12-27(13-11-26)30-22-33(28-14-18-31(19-15-28)35(4,5)6)25(3)34(23-30)29-16-20-32(21-17-29)36(7,8)9/h22-24,26-29,31-32H,10-21H2,1-9H3. The molecule has 1 aromatic carbocycles. The maximum absolute atomic E-state index is 2.74. The van der Waals surface area contributed by atoms with Crippen LogP contribution in [0.5, 0.6) is 0 Å². The Hall–Kier alpha value is -0.780. The zero-order valence-electron chi connectivity index (χ0n) is 25.7. The molecule has 0 N–H and O–H groups in total. The summed E-state index contributed by atoms with van der Waals surface area (Å²) in [5, 5.41) is 0. The fourth-order valence-electron chi connectivity index (χ4n) is 8.53. The van der Waals surface area contributed by atoms with Crippen molar-refractivity contribution in [3.8, 4) is 0 Å². The van der Waals surface area contributed by atoms with Gasteiger partial charge in [0.25, 0.3) is 0 Å². The molecule has 0 saturated heterocycles. The zero-order valence-corrected chi connectivity index (χ0v) is 25.7. The second kappa shape index (κ2) is 11.1. The van der Waals surface area contributed by atoms with Crippen LogP contribution >= 0.6 is 0 Å². The summed E-state index contributed by atoms with van der Waals surface area (Å²) in [7, 11) is 0. The van der Waals surface area contributed by atoms with Crippen LogP contribution in [0.4, 0.5) is 0 Å². The van der Waals surface area contributed by atoms with Gasteiger partial charge in [0.05, 0.1) is 0 Å². The zero-order chi connectivity index (χ0) is 26.3. The quantitative estimate of drug-likeness (QED) is 0.392. The molecule has 0 aliphatic heterocycles. The van der Waals surface area contributed by atoms with Crippen molar-refractivity contribution < 1.29 is 0 Å². The number of hydrogen-bond donors (Lipinski definition) is 0. The molecule has 0 bridgehead atoms. The van der Waals surface area contributed by atoms with Crippen molar-refractivity contribution in [3.05, 3.63) is 34.4 Å². The Balaban J connectivity index is 1.59. The Bertz CT molecular complexity index is 780. The third-order valence-electron chi connectivity index (χ3n) is 11.5. The van der Waals surface area contributed by atoms with Gasteiger partial charge < -0.3 is 0 Å². The Labute approximate surface area is 225 Å². The summed E-state index contributed by atoms with van der Waals surface area (Å²) in [5.74, 6) is 5.99. The summed E-state index contributed by atoms with van der Waals surface area (Å²) in [4.78, 5) is 0. The van der Waals surface area contributed by atoms with Gasteiger partial charge in [-0.1, -0.05) is 67.5 Å². The van der Waals surface area contributed by atoms with E-state index < -0.39 is 0 Å². The highest BCUT2D eigenvalue weighted by Gasteiger charge is 2.34. The molecule has 36 heavy (non-hydrogen) atoms. The van der Waals surface area contributed by atoms with Crippen molar-refractivity contribution in [2.24, 2.45) is 34.5 Å². The maximum Gasteiger partial charge on any atom is -0.0159 e. The molecule has 0 spiro atoms. The van der Waals surface area contributed by atoms with Crippen LogP contribution in [-0.2, 0) is 0 Å². The molecular weight excluding hydrogens is 432 g/mol. The Kier molecular flexibility index (Phi) is 8.74. The van der Waals surface area contributed by atoms with E-state index in [0.717, 1.165) is 41.4 Å². The summed E-state index contributed by atoms with van der Waals surface area (Å²) in [6, 6.07) is 5.48. The van der Waals surface area contributed by atoms with Crippen molar-refractivity contribution >= 4 is 0 Å². The number of hydrogen-bond acceptors (Lipinski definition) is 0. The normalized spacial score (nSPS) is 32.6. The van der Waals surface area contributed by atoms with E-state index >= 15 is 0 Å². The van der Waals surface area contributed by atoms with Gasteiger partial charge in [-0.2, -0.15) is 0 Å². The molecule has 0 amide bonds. The third kappa shape index (κ3) is 6.43. The van der Waals surface area contributed by atoms with E-state index in [-0.39, 0.29) is 0 Å². The van der Waals surface area contributed by atoms with Crippen molar-refractivity contribution in [2.45, 2.75) is 157 Å². The molecule has 1 aromatic rings. The van der Waals surface area contributed by atoms with Crippen molar-refractivity contribution in [1.29, 1.82) is 0 Å². The monoisotopic (exact) mass is 492 g/mol. The molecule has 3 saturated carbocycles. The van der Waals surface area contributed by atoms with Gasteiger partial charge in [-0.15, -0.1) is 0 Å². The molecule has 3 aliphatic rings. The smallest absolute Gasteiger partial charge is 0.0159 e. The van der Waals surface area contributed by atoms with Crippen LogP contribution in [-0.4, -0.2) is 0 Å². The molecule has 0 atom stereocenters. The van der Waals surface area contributed by atoms with Crippen LogP contribution in [0.15, 0.2) is 12.1 Å². The Morgan fingerprint density at radius 2 is 0.917 bits per heavy atom. The Morgan fingerprint density at radius 1 is 0.556 bits per heavy atom. The summed E-state index contributed by atoms with van der Waals surface area (Å²) in [6.45, 7) is 22.2. The van der Waals surface area contributed by atoms with Crippen LogP contribution in [0.1, 0.15) is 172 Å². The molecular formula is C36H60. The Morgan fingerprint density at radius 3 is 1.25 bits per heavy atom. The lowest BCUT2D eigenvalue weighted by atomic mass is 9.66. The minimum Gasteiger partial charge on any atom is -0.0625 e. The summed E-state index contributed by atoms with van der Waals surface area (Å²) >= 11 is 0. The predicted octanol–water partition coefficient (Wildman–Crippen LogP) is 11.6. The van der Waals surface area contributed by atoms with Gasteiger partial charge in [0, 0.05) is 0 Å². The third-order valence-corrected chi connectivity index (χ3v) is 11.5. The summed E-state index contributed by atoms with van der Waals surface area (Å²) < 4.78 is 0. The first-order valence-corrected chi connectivity index (χ1v) is 16.0. The minimum atomic E-state index is 0.466. The molecule has 0 heteroatoms. The first-order valence-electron chi connectivity index (χ1n) is 16.0. The molecule has 3 aliphatic carbocycles. The molecule has 0 nitrogen and oxygen atoms in total. The predicted molar refractivity (Wildman–Crippen MR) is 159 cm³/mol. The first kappa shape index (κ1) is 28.2. The van der Waals surface area contributed by atoms with Gasteiger partial charge >= 0.3 is 0 Å². The lowest BCUT2D eigenvalue weighted by Crippen LogP contribution is -2.26. The average Bonchev–Trinajstić information content (AvgIpc) is 2.83. The van der Waals surface area contributed by atoms with E-state index in [1.165, 1.54) is 77.0 Å². The number of rotatable bonds is 4.